The van der Waals surface area contributed by atoms with Gasteiger partial charge in [-0.1, -0.05) is 19.1 Å². The SMILES string of the molecule is CCC(C)NC[C@H](F)[C@@](C)(O)c1ccc(F)cc1. The van der Waals surface area contributed by atoms with E-state index in [1.165, 1.54) is 31.2 Å². The van der Waals surface area contributed by atoms with Crippen LogP contribution in [0.1, 0.15) is 32.8 Å². The molecule has 0 aromatic heterocycles. The van der Waals surface area contributed by atoms with E-state index in [4.69, 9.17) is 0 Å². The topological polar surface area (TPSA) is 32.3 Å². The van der Waals surface area contributed by atoms with Gasteiger partial charge in [0.1, 0.15) is 17.6 Å². The maximum atomic E-state index is 14.1. The van der Waals surface area contributed by atoms with Crippen LogP contribution in [-0.4, -0.2) is 23.9 Å². The van der Waals surface area contributed by atoms with Crippen LogP contribution in [0.4, 0.5) is 8.78 Å². The molecule has 0 aliphatic carbocycles. The first-order valence-electron chi connectivity index (χ1n) is 6.23. The van der Waals surface area contributed by atoms with Crippen molar-refractivity contribution in [2.75, 3.05) is 6.54 Å². The fourth-order valence-corrected chi connectivity index (χ4v) is 1.62. The lowest BCUT2D eigenvalue weighted by Crippen LogP contribution is -2.42. The summed E-state index contributed by atoms with van der Waals surface area (Å²) < 4.78 is 26.8. The second kappa shape index (κ2) is 6.25. The number of hydrogen-bond donors (Lipinski definition) is 2. The molecule has 1 rings (SSSR count). The summed E-state index contributed by atoms with van der Waals surface area (Å²) >= 11 is 0. The van der Waals surface area contributed by atoms with Crippen molar-refractivity contribution in [1.82, 2.24) is 5.32 Å². The zero-order valence-electron chi connectivity index (χ0n) is 11.1. The van der Waals surface area contributed by atoms with Crippen molar-refractivity contribution in [2.24, 2.45) is 0 Å². The largest absolute Gasteiger partial charge is 0.382 e. The smallest absolute Gasteiger partial charge is 0.145 e. The first-order valence-corrected chi connectivity index (χ1v) is 6.23. The standard InChI is InChI=1S/C14H21F2NO/c1-4-10(2)17-9-13(16)14(3,18)11-5-7-12(15)8-6-11/h5-8,10,13,17-18H,4,9H2,1-3H3/t10?,13-,14-/m0/s1. The van der Waals surface area contributed by atoms with Crippen LogP contribution in [0, 0.1) is 5.82 Å². The van der Waals surface area contributed by atoms with E-state index in [1.807, 2.05) is 13.8 Å². The molecule has 1 aromatic carbocycles. The Balaban J connectivity index is 2.69. The van der Waals surface area contributed by atoms with Gasteiger partial charge in [0.15, 0.2) is 0 Å². The van der Waals surface area contributed by atoms with Crippen molar-refractivity contribution in [3.05, 3.63) is 35.6 Å². The number of alkyl halides is 1. The van der Waals surface area contributed by atoms with Gasteiger partial charge in [0.25, 0.3) is 0 Å². The van der Waals surface area contributed by atoms with Crippen LogP contribution in [0.5, 0.6) is 0 Å². The van der Waals surface area contributed by atoms with Gasteiger partial charge >= 0.3 is 0 Å². The van der Waals surface area contributed by atoms with Gasteiger partial charge in [0, 0.05) is 12.6 Å². The molecule has 0 fully saturated rings. The molecule has 4 heteroatoms. The molecular weight excluding hydrogens is 236 g/mol. The molecular formula is C14H21F2NO. The van der Waals surface area contributed by atoms with E-state index in [1.54, 1.807) is 0 Å². The zero-order chi connectivity index (χ0) is 13.8. The number of nitrogens with one attached hydrogen (secondary N) is 1. The summed E-state index contributed by atoms with van der Waals surface area (Å²) in [7, 11) is 0. The maximum Gasteiger partial charge on any atom is 0.145 e. The Hall–Kier alpha value is -1.00. The second-order valence-corrected chi connectivity index (χ2v) is 4.84. The summed E-state index contributed by atoms with van der Waals surface area (Å²) in [6.07, 6.45) is -0.553. The first kappa shape index (κ1) is 15.1. The van der Waals surface area contributed by atoms with Crippen LogP contribution in [0.25, 0.3) is 0 Å². The number of halogens is 2. The van der Waals surface area contributed by atoms with Crippen LogP contribution >= 0.6 is 0 Å². The van der Waals surface area contributed by atoms with Crippen molar-refractivity contribution >= 4 is 0 Å². The Morgan fingerprint density at radius 2 is 1.89 bits per heavy atom. The molecule has 0 saturated carbocycles. The maximum absolute atomic E-state index is 14.1. The number of aliphatic hydroxyl groups is 1. The van der Waals surface area contributed by atoms with Gasteiger partial charge in [0.05, 0.1) is 0 Å². The fraction of sp³-hybridized carbons (Fsp3) is 0.571. The summed E-state index contributed by atoms with van der Waals surface area (Å²) in [6.45, 7) is 5.44. The van der Waals surface area contributed by atoms with Gasteiger partial charge in [0.2, 0.25) is 0 Å². The lowest BCUT2D eigenvalue weighted by Gasteiger charge is -2.29. The summed E-state index contributed by atoms with van der Waals surface area (Å²) in [5, 5.41) is 13.2. The molecule has 0 aliphatic heterocycles. The van der Waals surface area contributed by atoms with Gasteiger partial charge in [-0.3, -0.25) is 0 Å². The highest BCUT2D eigenvalue weighted by molar-refractivity contribution is 5.23. The molecule has 2 nitrogen and oxygen atoms in total. The molecule has 0 saturated heterocycles. The monoisotopic (exact) mass is 257 g/mol. The minimum Gasteiger partial charge on any atom is -0.382 e. The fourth-order valence-electron chi connectivity index (χ4n) is 1.62. The third-order valence-corrected chi connectivity index (χ3v) is 3.30. The summed E-state index contributed by atoms with van der Waals surface area (Å²) in [5.74, 6) is -0.400. The highest BCUT2D eigenvalue weighted by Gasteiger charge is 2.33. The average Bonchev–Trinajstić information content (AvgIpc) is 2.35. The third-order valence-electron chi connectivity index (χ3n) is 3.30. The third kappa shape index (κ3) is 3.75. The lowest BCUT2D eigenvalue weighted by molar-refractivity contribution is -0.0244. The van der Waals surface area contributed by atoms with Crippen LogP contribution in [-0.2, 0) is 5.60 Å². The van der Waals surface area contributed by atoms with Gasteiger partial charge in [-0.05, 0) is 38.0 Å². The Labute approximate surface area is 107 Å². The van der Waals surface area contributed by atoms with Gasteiger partial charge in [-0.25, -0.2) is 8.78 Å². The van der Waals surface area contributed by atoms with Crippen LogP contribution in [0.2, 0.25) is 0 Å². The highest BCUT2D eigenvalue weighted by Crippen LogP contribution is 2.26. The quantitative estimate of drug-likeness (QED) is 0.821. The summed E-state index contributed by atoms with van der Waals surface area (Å²) in [6, 6.07) is 5.46. The van der Waals surface area contributed by atoms with Crippen LogP contribution in [0.3, 0.4) is 0 Å². The lowest BCUT2D eigenvalue weighted by atomic mass is 9.91. The van der Waals surface area contributed by atoms with E-state index in [-0.39, 0.29) is 12.6 Å². The molecule has 0 spiro atoms. The van der Waals surface area contributed by atoms with E-state index < -0.39 is 17.6 Å². The second-order valence-electron chi connectivity index (χ2n) is 4.84. The molecule has 0 radical (unpaired) electrons. The van der Waals surface area contributed by atoms with Crippen molar-refractivity contribution in [3.8, 4) is 0 Å². The van der Waals surface area contributed by atoms with E-state index in [9.17, 15) is 13.9 Å². The molecule has 1 aromatic rings. The van der Waals surface area contributed by atoms with Gasteiger partial charge < -0.3 is 10.4 Å². The molecule has 0 amide bonds. The van der Waals surface area contributed by atoms with Crippen LogP contribution in [0.15, 0.2) is 24.3 Å². The number of hydrogen-bond acceptors (Lipinski definition) is 2. The minimum atomic E-state index is -1.62. The predicted octanol–water partition coefficient (Wildman–Crippen LogP) is 2.76. The molecule has 0 heterocycles. The van der Waals surface area contributed by atoms with E-state index in [0.717, 1.165) is 6.42 Å². The molecule has 18 heavy (non-hydrogen) atoms. The molecule has 3 atom stereocenters. The summed E-state index contributed by atoms with van der Waals surface area (Å²) in [4.78, 5) is 0. The van der Waals surface area contributed by atoms with E-state index in [0.29, 0.717) is 5.56 Å². The Morgan fingerprint density at radius 3 is 2.39 bits per heavy atom. The Bertz CT molecular complexity index is 365. The number of benzene rings is 1. The van der Waals surface area contributed by atoms with Crippen molar-refractivity contribution in [1.29, 1.82) is 0 Å². The average molecular weight is 257 g/mol. The molecule has 0 aliphatic rings. The molecule has 1 unspecified atom stereocenters. The summed E-state index contributed by atoms with van der Waals surface area (Å²) in [5.41, 5.74) is -1.24. The normalized spacial score (nSPS) is 18.1. The van der Waals surface area contributed by atoms with Crippen molar-refractivity contribution in [3.63, 3.8) is 0 Å². The zero-order valence-corrected chi connectivity index (χ0v) is 11.1. The Morgan fingerprint density at radius 1 is 1.33 bits per heavy atom. The van der Waals surface area contributed by atoms with Gasteiger partial charge in [-0.15, -0.1) is 0 Å². The van der Waals surface area contributed by atoms with E-state index in [2.05, 4.69) is 5.32 Å². The predicted molar refractivity (Wildman–Crippen MR) is 68.6 cm³/mol. The first-order chi connectivity index (χ1) is 8.37. The van der Waals surface area contributed by atoms with Crippen molar-refractivity contribution < 1.29 is 13.9 Å². The van der Waals surface area contributed by atoms with Crippen molar-refractivity contribution in [2.45, 2.75) is 45.0 Å². The van der Waals surface area contributed by atoms with Crippen LogP contribution < -0.4 is 5.32 Å². The molecule has 0 bridgehead atoms. The minimum absolute atomic E-state index is 0.0688. The molecule has 2 N–H and O–H groups in total. The Kier molecular flexibility index (Phi) is 5.23. The van der Waals surface area contributed by atoms with E-state index >= 15 is 0 Å². The van der Waals surface area contributed by atoms with Gasteiger partial charge in [-0.2, -0.15) is 0 Å². The highest BCUT2D eigenvalue weighted by atomic mass is 19.1. The molecule has 102 valence electrons. The number of rotatable bonds is 6.